The molecule has 1 fully saturated rings. The van der Waals surface area contributed by atoms with Gasteiger partial charge in [-0.2, -0.15) is 5.10 Å². The maximum Gasteiger partial charge on any atom is 0.194 e. The summed E-state index contributed by atoms with van der Waals surface area (Å²) < 4.78 is 8.08. The minimum absolute atomic E-state index is 0.0882. The maximum atomic E-state index is 6.09. The fourth-order valence-electron chi connectivity index (χ4n) is 3.65. The number of ether oxygens (including phenoxy) is 1. The number of nitrogens with one attached hydrogen (secondary N) is 1. The van der Waals surface area contributed by atoms with Crippen molar-refractivity contribution in [2.75, 3.05) is 32.8 Å². The Morgan fingerprint density at radius 2 is 2.14 bits per heavy atom. The van der Waals surface area contributed by atoms with E-state index in [0.717, 1.165) is 51.7 Å². The molecule has 28 heavy (non-hydrogen) atoms. The van der Waals surface area contributed by atoms with Gasteiger partial charge in [0.05, 0.1) is 19.3 Å². The second kappa shape index (κ2) is 9.73. The number of guanidine groups is 1. The zero-order valence-electron chi connectivity index (χ0n) is 17.6. The lowest BCUT2D eigenvalue weighted by Crippen LogP contribution is -2.48. The minimum atomic E-state index is 0.0882. The Balaban J connectivity index is 1.61. The molecule has 1 aromatic carbocycles. The van der Waals surface area contributed by atoms with Crippen LogP contribution in [0.1, 0.15) is 41.7 Å². The van der Waals surface area contributed by atoms with Gasteiger partial charge in [0, 0.05) is 32.4 Å². The lowest BCUT2D eigenvalue weighted by Gasteiger charge is -2.36. The van der Waals surface area contributed by atoms with Crippen LogP contribution >= 0.6 is 0 Å². The summed E-state index contributed by atoms with van der Waals surface area (Å²) in [6.07, 6.45) is 5.03. The SMILES string of the molecule is CCNC(=NCCCn1cc(C)cn1)N1CCOC(c2ccc(C)cc2C)C1. The molecule has 1 aromatic heterocycles. The molecule has 1 atom stereocenters. The van der Waals surface area contributed by atoms with Gasteiger partial charge in [-0.3, -0.25) is 9.67 Å². The number of aromatic nitrogens is 2. The average Bonchev–Trinajstić information content (AvgIpc) is 3.09. The van der Waals surface area contributed by atoms with Gasteiger partial charge in [-0.05, 0) is 50.8 Å². The van der Waals surface area contributed by atoms with Crippen LogP contribution in [0.15, 0.2) is 35.6 Å². The fraction of sp³-hybridized carbons (Fsp3) is 0.545. The van der Waals surface area contributed by atoms with Gasteiger partial charge in [-0.15, -0.1) is 0 Å². The lowest BCUT2D eigenvalue weighted by molar-refractivity contribution is -0.00833. The van der Waals surface area contributed by atoms with E-state index in [9.17, 15) is 0 Å². The molecule has 0 amide bonds. The molecule has 1 aliphatic heterocycles. The average molecular weight is 384 g/mol. The smallest absolute Gasteiger partial charge is 0.194 e. The summed E-state index contributed by atoms with van der Waals surface area (Å²) in [6, 6.07) is 6.60. The van der Waals surface area contributed by atoms with Crippen molar-refractivity contribution < 1.29 is 4.74 Å². The highest BCUT2D eigenvalue weighted by Gasteiger charge is 2.25. The first-order valence-corrected chi connectivity index (χ1v) is 10.3. The number of hydrogen-bond acceptors (Lipinski definition) is 3. The van der Waals surface area contributed by atoms with Gasteiger partial charge in [0.15, 0.2) is 5.96 Å². The highest BCUT2D eigenvalue weighted by atomic mass is 16.5. The summed E-state index contributed by atoms with van der Waals surface area (Å²) in [4.78, 5) is 7.19. The molecule has 1 saturated heterocycles. The third-order valence-electron chi connectivity index (χ3n) is 5.04. The molecule has 2 heterocycles. The first-order chi connectivity index (χ1) is 13.6. The van der Waals surface area contributed by atoms with E-state index in [0.29, 0.717) is 0 Å². The Bertz CT molecular complexity index is 798. The molecule has 2 aromatic rings. The van der Waals surface area contributed by atoms with E-state index in [1.54, 1.807) is 0 Å². The Morgan fingerprint density at radius 3 is 2.86 bits per heavy atom. The van der Waals surface area contributed by atoms with Gasteiger partial charge in [0.1, 0.15) is 6.10 Å². The normalized spacial score (nSPS) is 17.8. The molecule has 0 radical (unpaired) electrons. The van der Waals surface area contributed by atoms with Crippen LogP contribution < -0.4 is 5.32 Å². The van der Waals surface area contributed by atoms with E-state index in [1.807, 2.05) is 10.9 Å². The van der Waals surface area contributed by atoms with Crippen LogP contribution in [0.2, 0.25) is 0 Å². The van der Waals surface area contributed by atoms with Crippen LogP contribution in [0.25, 0.3) is 0 Å². The zero-order chi connectivity index (χ0) is 19.9. The third-order valence-corrected chi connectivity index (χ3v) is 5.04. The summed E-state index contributed by atoms with van der Waals surface area (Å²) in [5, 5.41) is 7.79. The minimum Gasteiger partial charge on any atom is -0.370 e. The molecule has 0 spiro atoms. The topological polar surface area (TPSA) is 54.7 Å². The Hall–Kier alpha value is -2.34. The van der Waals surface area contributed by atoms with Gasteiger partial charge in [0.2, 0.25) is 0 Å². The van der Waals surface area contributed by atoms with Crippen molar-refractivity contribution in [3.8, 4) is 0 Å². The van der Waals surface area contributed by atoms with Crippen molar-refractivity contribution in [3.05, 3.63) is 52.8 Å². The van der Waals surface area contributed by atoms with Crippen molar-refractivity contribution in [2.24, 2.45) is 4.99 Å². The molecular formula is C22H33N5O. The van der Waals surface area contributed by atoms with Crippen LogP contribution in [-0.4, -0.2) is 53.4 Å². The van der Waals surface area contributed by atoms with Crippen molar-refractivity contribution >= 4 is 5.96 Å². The first-order valence-electron chi connectivity index (χ1n) is 10.3. The van der Waals surface area contributed by atoms with Crippen LogP contribution in [-0.2, 0) is 11.3 Å². The Kier molecular flexibility index (Phi) is 7.09. The number of hydrogen-bond donors (Lipinski definition) is 1. The van der Waals surface area contributed by atoms with Crippen molar-refractivity contribution in [1.82, 2.24) is 20.0 Å². The van der Waals surface area contributed by atoms with Crippen molar-refractivity contribution in [2.45, 2.75) is 46.8 Å². The van der Waals surface area contributed by atoms with Crippen molar-refractivity contribution in [1.29, 1.82) is 0 Å². The van der Waals surface area contributed by atoms with Gasteiger partial charge >= 0.3 is 0 Å². The molecule has 3 rings (SSSR count). The monoisotopic (exact) mass is 383 g/mol. The number of aryl methyl sites for hydroxylation is 4. The van der Waals surface area contributed by atoms with Crippen LogP contribution in [0, 0.1) is 20.8 Å². The third kappa shape index (κ3) is 5.35. The fourth-order valence-corrected chi connectivity index (χ4v) is 3.65. The van der Waals surface area contributed by atoms with E-state index in [-0.39, 0.29) is 6.10 Å². The summed E-state index contributed by atoms with van der Waals surface area (Å²) in [7, 11) is 0. The highest BCUT2D eigenvalue weighted by Crippen LogP contribution is 2.25. The molecular weight excluding hydrogens is 350 g/mol. The van der Waals surface area contributed by atoms with Crippen LogP contribution in [0.4, 0.5) is 0 Å². The molecule has 0 saturated carbocycles. The molecule has 6 nitrogen and oxygen atoms in total. The number of morpholine rings is 1. The summed E-state index contributed by atoms with van der Waals surface area (Å²) in [5.74, 6) is 0.984. The molecule has 1 unspecified atom stereocenters. The van der Waals surface area contributed by atoms with Crippen LogP contribution in [0.3, 0.4) is 0 Å². The van der Waals surface area contributed by atoms with Gasteiger partial charge in [-0.1, -0.05) is 23.8 Å². The lowest BCUT2D eigenvalue weighted by atomic mass is 10.00. The summed E-state index contributed by atoms with van der Waals surface area (Å²) >= 11 is 0. The van der Waals surface area contributed by atoms with E-state index in [2.05, 4.69) is 67.4 Å². The number of nitrogens with zero attached hydrogens (tertiary/aromatic N) is 4. The standard InChI is InChI=1S/C22H33N5O/c1-5-23-22(24-9-6-10-27-15-18(3)14-25-27)26-11-12-28-21(16-26)20-8-7-17(2)13-19(20)4/h7-8,13-15,21H,5-6,9-12,16H2,1-4H3,(H,23,24). The Morgan fingerprint density at radius 1 is 1.29 bits per heavy atom. The molecule has 0 bridgehead atoms. The first kappa shape index (κ1) is 20.4. The maximum absolute atomic E-state index is 6.09. The zero-order valence-corrected chi connectivity index (χ0v) is 17.6. The number of rotatable bonds is 6. The second-order valence-electron chi connectivity index (χ2n) is 7.54. The Labute approximate surface area is 168 Å². The largest absolute Gasteiger partial charge is 0.370 e. The van der Waals surface area contributed by atoms with E-state index < -0.39 is 0 Å². The van der Waals surface area contributed by atoms with Crippen LogP contribution in [0.5, 0.6) is 0 Å². The van der Waals surface area contributed by atoms with Gasteiger partial charge in [-0.25, -0.2) is 0 Å². The number of aliphatic imine (C=N–C) groups is 1. The molecule has 152 valence electrons. The summed E-state index contributed by atoms with van der Waals surface area (Å²) in [6.45, 7) is 13.4. The van der Waals surface area contributed by atoms with E-state index in [4.69, 9.17) is 9.73 Å². The highest BCUT2D eigenvalue weighted by molar-refractivity contribution is 5.80. The van der Waals surface area contributed by atoms with E-state index in [1.165, 1.54) is 22.3 Å². The molecule has 0 aliphatic carbocycles. The van der Waals surface area contributed by atoms with Gasteiger partial charge < -0.3 is 15.0 Å². The van der Waals surface area contributed by atoms with Gasteiger partial charge in [0.25, 0.3) is 0 Å². The second-order valence-corrected chi connectivity index (χ2v) is 7.54. The van der Waals surface area contributed by atoms with Crippen molar-refractivity contribution in [3.63, 3.8) is 0 Å². The predicted octanol–water partition coefficient (Wildman–Crippen LogP) is 3.24. The van der Waals surface area contributed by atoms with E-state index >= 15 is 0 Å². The quantitative estimate of drug-likeness (QED) is 0.473. The number of benzene rings is 1. The molecule has 1 aliphatic rings. The molecule has 1 N–H and O–H groups in total. The predicted molar refractivity (Wildman–Crippen MR) is 114 cm³/mol. The summed E-state index contributed by atoms with van der Waals surface area (Å²) in [5.41, 5.74) is 5.06. The molecule has 6 heteroatoms.